The average Bonchev–Trinajstić information content (AvgIpc) is 3.18. The summed E-state index contributed by atoms with van der Waals surface area (Å²) in [5.74, 6) is 0.293. The molecule has 0 fully saturated rings. The predicted molar refractivity (Wildman–Crippen MR) is 105 cm³/mol. The van der Waals surface area contributed by atoms with Crippen LogP contribution in [0.1, 0.15) is 23.2 Å². The van der Waals surface area contributed by atoms with E-state index in [1.165, 1.54) is 12.1 Å². The lowest BCUT2D eigenvalue weighted by molar-refractivity contribution is -0.130. The van der Waals surface area contributed by atoms with Gasteiger partial charge in [-0.25, -0.2) is 5.01 Å². The summed E-state index contributed by atoms with van der Waals surface area (Å²) in [6, 6.07) is 11.7. The van der Waals surface area contributed by atoms with Gasteiger partial charge in [-0.3, -0.25) is 14.4 Å². The normalized spacial score (nSPS) is 15.0. The van der Waals surface area contributed by atoms with Crippen LogP contribution in [-0.2, 0) is 9.59 Å². The van der Waals surface area contributed by atoms with E-state index >= 15 is 0 Å². The minimum Gasteiger partial charge on any atom is -0.454 e. The molecule has 0 bridgehead atoms. The molecule has 2 heterocycles. The first kappa shape index (κ1) is 18.5. The molecule has 0 spiro atoms. The number of rotatable bonds is 4. The molecule has 148 valence electrons. The Morgan fingerprint density at radius 1 is 0.966 bits per heavy atom. The molecule has 9 heteroatoms. The Morgan fingerprint density at radius 2 is 1.69 bits per heavy atom. The number of fused-ring (bicyclic) bond motifs is 1. The third-order valence-corrected chi connectivity index (χ3v) is 4.48. The molecule has 0 saturated carbocycles. The van der Waals surface area contributed by atoms with E-state index in [4.69, 9.17) is 9.47 Å². The van der Waals surface area contributed by atoms with Crippen molar-refractivity contribution < 1.29 is 23.9 Å². The zero-order valence-corrected chi connectivity index (χ0v) is 15.6. The topological polar surface area (TPSA) is 109 Å². The van der Waals surface area contributed by atoms with Crippen LogP contribution in [0.15, 0.2) is 47.6 Å². The van der Waals surface area contributed by atoms with E-state index in [-0.39, 0.29) is 43.1 Å². The van der Waals surface area contributed by atoms with Crippen molar-refractivity contribution in [1.82, 2.24) is 5.01 Å². The molecule has 4 rings (SSSR count). The van der Waals surface area contributed by atoms with Crippen molar-refractivity contribution in [3.8, 4) is 11.5 Å². The summed E-state index contributed by atoms with van der Waals surface area (Å²) in [6.07, 6.45) is 0.532. The van der Waals surface area contributed by atoms with Crippen molar-refractivity contribution in [3.05, 3.63) is 48.0 Å². The van der Waals surface area contributed by atoms with Crippen molar-refractivity contribution in [2.24, 2.45) is 5.10 Å². The first-order valence-electron chi connectivity index (χ1n) is 8.96. The van der Waals surface area contributed by atoms with E-state index in [9.17, 15) is 14.4 Å². The second kappa shape index (κ2) is 7.63. The van der Waals surface area contributed by atoms with E-state index in [1.807, 2.05) is 0 Å². The quantitative estimate of drug-likeness (QED) is 0.826. The SMILES string of the molecule is CN1N=C(C(=O)Nc2cccc(NC(=O)c3ccc4c(c3)OCO4)c2)CCC1=O. The Morgan fingerprint density at radius 3 is 2.45 bits per heavy atom. The lowest BCUT2D eigenvalue weighted by Gasteiger charge is -2.19. The van der Waals surface area contributed by atoms with E-state index < -0.39 is 0 Å². The second-order valence-electron chi connectivity index (χ2n) is 6.52. The fraction of sp³-hybridized carbons (Fsp3) is 0.200. The zero-order chi connectivity index (χ0) is 20.4. The molecule has 2 N–H and O–H groups in total. The lowest BCUT2D eigenvalue weighted by Crippen LogP contribution is -2.34. The van der Waals surface area contributed by atoms with Crippen molar-refractivity contribution in [1.29, 1.82) is 0 Å². The Kier molecular flexibility index (Phi) is 4.86. The van der Waals surface area contributed by atoms with Gasteiger partial charge in [0, 0.05) is 36.8 Å². The van der Waals surface area contributed by atoms with Crippen molar-refractivity contribution in [2.45, 2.75) is 12.8 Å². The van der Waals surface area contributed by atoms with Crippen molar-refractivity contribution in [2.75, 3.05) is 24.5 Å². The number of nitrogens with zero attached hydrogens (tertiary/aromatic N) is 2. The van der Waals surface area contributed by atoms with Gasteiger partial charge in [0.2, 0.25) is 12.7 Å². The summed E-state index contributed by atoms with van der Waals surface area (Å²) in [5, 5.41) is 10.7. The number of hydrazone groups is 1. The minimum absolute atomic E-state index is 0.130. The first-order valence-corrected chi connectivity index (χ1v) is 8.96. The number of ether oxygens (including phenoxy) is 2. The summed E-state index contributed by atoms with van der Waals surface area (Å²) < 4.78 is 10.5. The molecule has 0 unspecified atom stereocenters. The van der Waals surface area contributed by atoms with Gasteiger partial charge in [0.15, 0.2) is 11.5 Å². The third kappa shape index (κ3) is 4.03. The number of carbonyl (C=O) groups excluding carboxylic acids is 3. The van der Waals surface area contributed by atoms with Gasteiger partial charge in [-0.2, -0.15) is 5.10 Å². The van der Waals surface area contributed by atoms with Crippen LogP contribution in [0.2, 0.25) is 0 Å². The number of amides is 3. The molecule has 0 radical (unpaired) electrons. The predicted octanol–water partition coefficient (Wildman–Crippen LogP) is 2.21. The van der Waals surface area contributed by atoms with Gasteiger partial charge < -0.3 is 20.1 Å². The molecular formula is C20H18N4O5. The molecule has 0 aromatic heterocycles. The maximum Gasteiger partial charge on any atom is 0.271 e. The fourth-order valence-electron chi connectivity index (χ4n) is 2.95. The molecule has 0 saturated heterocycles. The molecular weight excluding hydrogens is 376 g/mol. The number of benzene rings is 2. The standard InChI is InChI=1S/C20H18N4O5/c1-24-18(25)8-6-15(23-24)20(27)22-14-4-2-3-13(10-14)21-19(26)12-5-7-16-17(9-12)29-11-28-16/h2-5,7,9-10H,6,8,11H2,1H3,(H,21,26)(H,22,27). The summed E-state index contributed by atoms with van der Waals surface area (Å²) in [6.45, 7) is 0.136. The van der Waals surface area contributed by atoms with Gasteiger partial charge in [-0.1, -0.05) is 6.07 Å². The largest absolute Gasteiger partial charge is 0.454 e. The summed E-state index contributed by atoms with van der Waals surface area (Å²) in [7, 11) is 1.51. The van der Waals surface area contributed by atoms with Crippen LogP contribution < -0.4 is 20.1 Å². The van der Waals surface area contributed by atoms with Crippen LogP contribution in [0, 0.1) is 0 Å². The van der Waals surface area contributed by atoms with Crippen molar-refractivity contribution >= 4 is 34.8 Å². The van der Waals surface area contributed by atoms with Crippen LogP contribution in [0.5, 0.6) is 11.5 Å². The Hall–Kier alpha value is -3.88. The van der Waals surface area contributed by atoms with Crippen molar-refractivity contribution in [3.63, 3.8) is 0 Å². The van der Waals surface area contributed by atoms with E-state index in [0.717, 1.165) is 0 Å². The maximum atomic E-state index is 12.5. The van der Waals surface area contributed by atoms with Gasteiger partial charge in [0.1, 0.15) is 5.71 Å². The van der Waals surface area contributed by atoms with Gasteiger partial charge in [0.05, 0.1) is 0 Å². The highest BCUT2D eigenvalue weighted by atomic mass is 16.7. The summed E-state index contributed by atoms with van der Waals surface area (Å²) >= 11 is 0. The highest BCUT2D eigenvalue weighted by molar-refractivity contribution is 6.43. The number of nitrogens with one attached hydrogen (secondary N) is 2. The molecule has 9 nitrogen and oxygen atoms in total. The van der Waals surface area contributed by atoms with Crippen LogP contribution in [0.4, 0.5) is 11.4 Å². The van der Waals surface area contributed by atoms with Crippen LogP contribution in [-0.4, -0.2) is 42.3 Å². The number of anilines is 2. The minimum atomic E-state index is -0.386. The molecule has 2 aliphatic rings. The Balaban J connectivity index is 1.43. The van der Waals surface area contributed by atoms with Crippen LogP contribution in [0.3, 0.4) is 0 Å². The number of carbonyl (C=O) groups is 3. The Labute approximate surface area is 166 Å². The molecule has 3 amide bonds. The van der Waals surface area contributed by atoms with Gasteiger partial charge in [-0.15, -0.1) is 0 Å². The highest BCUT2D eigenvalue weighted by Gasteiger charge is 2.22. The lowest BCUT2D eigenvalue weighted by atomic mass is 10.1. The maximum absolute atomic E-state index is 12.5. The fourth-order valence-corrected chi connectivity index (χ4v) is 2.95. The van der Waals surface area contributed by atoms with Gasteiger partial charge in [0.25, 0.3) is 11.8 Å². The third-order valence-electron chi connectivity index (χ3n) is 4.48. The molecule has 2 aliphatic heterocycles. The van der Waals surface area contributed by atoms with Gasteiger partial charge in [-0.05, 0) is 36.4 Å². The molecule has 0 atom stereocenters. The highest BCUT2D eigenvalue weighted by Crippen LogP contribution is 2.32. The van der Waals surface area contributed by atoms with E-state index in [1.54, 1.807) is 42.5 Å². The summed E-state index contributed by atoms with van der Waals surface area (Å²) in [5.41, 5.74) is 1.72. The monoisotopic (exact) mass is 394 g/mol. The molecule has 2 aromatic rings. The molecule has 29 heavy (non-hydrogen) atoms. The average molecular weight is 394 g/mol. The first-order chi connectivity index (χ1) is 14.0. The van der Waals surface area contributed by atoms with E-state index in [0.29, 0.717) is 28.4 Å². The second-order valence-corrected chi connectivity index (χ2v) is 6.52. The van der Waals surface area contributed by atoms with E-state index in [2.05, 4.69) is 15.7 Å². The van der Waals surface area contributed by atoms with Crippen LogP contribution >= 0.6 is 0 Å². The number of hydrogen-bond acceptors (Lipinski definition) is 6. The molecule has 2 aromatic carbocycles. The number of hydrogen-bond donors (Lipinski definition) is 2. The van der Waals surface area contributed by atoms with Gasteiger partial charge >= 0.3 is 0 Å². The summed E-state index contributed by atoms with van der Waals surface area (Å²) in [4.78, 5) is 36.4. The molecule has 0 aliphatic carbocycles. The zero-order valence-electron chi connectivity index (χ0n) is 15.6. The smallest absolute Gasteiger partial charge is 0.271 e. The Bertz CT molecular complexity index is 1030. The van der Waals surface area contributed by atoms with Crippen LogP contribution in [0.25, 0.3) is 0 Å².